The quantitative estimate of drug-likeness (QED) is 0.255. The summed E-state index contributed by atoms with van der Waals surface area (Å²) in [6.07, 6.45) is 0.924. The van der Waals surface area contributed by atoms with Gasteiger partial charge < -0.3 is 20.3 Å². The molecule has 2 N–H and O–H groups in total. The molecule has 0 spiro atoms. The van der Waals surface area contributed by atoms with Gasteiger partial charge >= 0.3 is 0 Å². The standard InChI is InChI=1S/C20H32FN5O2S/c1-25(2)19(27)16-24-20(23-9-10-26-11-13-28-14-12-26)22-8-3-15-29-18-6-4-17(21)5-7-18/h4-7H,3,8-16H2,1-2H3,(H2,22,23,24). The van der Waals surface area contributed by atoms with Crippen molar-refractivity contribution in [1.29, 1.82) is 0 Å². The monoisotopic (exact) mass is 425 g/mol. The van der Waals surface area contributed by atoms with Crippen LogP contribution in [0, 0.1) is 5.82 Å². The molecule has 0 radical (unpaired) electrons. The Kier molecular flexibility index (Phi) is 10.8. The highest BCUT2D eigenvalue weighted by Crippen LogP contribution is 2.18. The minimum atomic E-state index is -0.215. The zero-order chi connectivity index (χ0) is 20.9. The summed E-state index contributed by atoms with van der Waals surface area (Å²) >= 11 is 1.69. The minimum absolute atomic E-state index is 0.0360. The van der Waals surface area contributed by atoms with Gasteiger partial charge in [0.15, 0.2) is 5.96 Å². The molecule has 162 valence electrons. The summed E-state index contributed by atoms with van der Waals surface area (Å²) in [5, 5.41) is 6.61. The van der Waals surface area contributed by atoms with E-state index in [1.165, 1.54) is 17.0 Å². The van der Waals surface area contributed by atoms with E-state index >= 15 is 0 Å². The molecule has 1 aromatic rings. The number of halogens is 1. The maximum absolute atomic E-state index is 12.9. The second-order valence-corrected chi connectivity index (χ2v) is 8.08. The molecule has 1 fully saturated rings. The summed E-state index contributed by atoms with van der Waals surface area (Å²) in [6, 6.07) is 6.54. The molecule has 7 nitrogen and oxygen atoms in total. The second kappa shape index (κ2) is 13.4. The topological polar surface area (TPSA) is 69.2 Å². The third-order valence-electron chi connectivity index (χ3n) is 4.39. The number of nitrogens with zero attached hydrogens (tertiary/aromatic N) is 3. The maximum atomic E-state index is 12.9. The Morgan fingerprint density at radius 1 is 1.21 bits per heavy atom. The van der Waals surface area contributed by atoms with E-state index in [-0.39, 0.29) is 18.3 Å². The Balaban J connectivity index is 1.71. The van der Waals surface area contributed by atoms with Gasteiger partial charge in [0.1, 0.15) is 12.4 Å². The highest BCUT2D eigenvalue weighted by Gasteiger charge is 2.10. The number of thioether (sulfide) groups is 1. The number of hydrogen-bond acceptors (Lipinski definition) is 5. The van der Waals surface area contributed by atoms with Crippen molar-refractivity contribution in [2.24, 2.45) is 4.99 Å². The molecule has 0 aromatic heterocycles. The third kappa shape index (κ3) is 9.96. The van der Waals surface area contributed by atoms with E-state index in [1.807, 2.05) is 0 Å². The summed E-state index contributed by atoms with van der Waals surface area (Å²) in [6.45, 7) is 5.98. The molecule has 0 aliphatic carbocycles. The van der Waals surface area contributed by atoms with Crippen molar-refractivity contribution < 1.29 is 13.9 Å². The summed E-state index contributed by atoms with van der Waals surface area (Å²) in [7, 11) is 3.45. The number of ether oxygens (including phenoxy) is 1. The summed E-state index contributed by atoms with van der Waals surface area (Å²) < 4.78 is 18.3. The van der Waals surface area contributed by atoms with Gasteiger partial charge in [0.05, 0.1) is 13.2 Å². The van der Waals surface area contributed by atoms with E-state index in [0.29, 0.717) is 5.96 Å². The molecule has 1 aliphatic rings. The number of morpholine rings is 1. The molecule has 2 rings (SSSR count). The number of carbonyl (C=O) groups is 1. The van der Waals surface area contributed by atoms with Gasteiger partial charge in [-0.05, 0) is 36.4 Å². The van der Waals surface area contributed by atoms with Crippen LogP contribution in [0.1, 0.15) is 6.42 Å². The van der Waals surface area contributed by atoms with Gasteiger partial charge in [-0.2, -0.15) is 0 Å². The van der Waals surface area contributed by atoms with Crippen molar-refractivity contribution in [2.75, 3.05) is 72.3 Å². The average molecular weight is 426 g/mol. The molecule has 9 heteroatoms. The van der Waals surface area contributed by atoms with E-state index < -0.39 is 0 Å². The van der Waals surface area contributed by atoms with E-state index in [4.69, 9.17) is 4.74 Å². The fourth-order valence-corrected chi connectivity index (χ4v) is 3.47. The Hall–Kier alpha value is -1.84. The molecule has 1 amide bonds. The van der Waals surface area contributed by atoms with Gasteiger partial charge in [-0.25, -0.2) is 9.38 Å². The molecule has 1 aromatic carbocycles. The van der Waals surface area contributed by atoms with E-state index in [0.717, 1.165) is 63.0 Å². The lowest BCUT2D eigenvalue weighted by Gasteiger charge is -2.26. The number of aliphatic imine (C=N–C) groups is 1. The fraction of sp³-hybridized carbons (Fsp3) is 0.600. The van der Waals surface area contributed by atoms with Crippen LogP contribution in [0.4, 0.5) is 4.39 Å². The van der Waals surface area contributed by atoms with Gasteiger partial charge in [-0.1, -0.05) is 0 Å². The number of amides is 1. The van der Waals surface area contributed by atoms with Crippen LogP contribution >= 0.6 is 11.8 Å². The SMILES string of the molecule is CN(C)C(=O)CN=C(NCCCSc1ccc(F)cc1)NCCN1CCOCC1. The highest BCUT2D eigenvalue weighted by atomic mass is 32.2. The van der Waals surface area contributed by atoms with Crippen molar-refractivity contribution in [1.82, 2.24) is 20.4 Å². The molecular weight excluding hydrogens is 393 g/mol. The van der Waals surface area contributed by atoms with E-state index in [1.54, 1.807) is 38.0 Å². The molecule has 1 heterocycles. The van der Waals surface area contributed by atoms with Gasteiger partial charge in [0.2, 0.25) is 5.91 Å². The maximum Gasteiger partial charge on any atom is 0.243 e. The van der Waals surface area contributed by atoms with Gasteiger partial charge in [-0.3, -0.25) is 9.69 Å². The number of guanidine groups is 1. The Morgan fingerprint density at radius 3 is 2.59 bits per heavy atom. The number of hydrogen-bond donors (Lipinski definition) is 2. The highest BCUT2D eigenvalue weighted by molar-refractivity contribution is 7.99. The predicted molar refractivity (Wildman–Crippen MR) is 116 cm³/mol. The smallest absolute Gasteiger partial charge is 0.243 e. The molecule has 0 unspecified atom stereocenters. The van der Waals surface area contributed by atoms with Crippen molar-refractivity contribution in [3.63, 3.8) is 0 Å². The van der Waals surface area contributed by atoms with Crippen molar-refractivity contribution in [2.45, 2.75) is 11.3 Å². The van der Waals surface area contributed by atoms with Gasteiger partial charge in [-0.15, -0.1) is 11.8 Å². The first kappa shape index (κ1) is 23.4. The lowest BCUT2D eigenvalue weighted by atomic mass is 10.4. The largest absolute Gasteiger partial charge is 0.379 e. The minimum Gasteiger partial charge on any atom is -0.379 e. The van der Waals surface area contributed by atoms with Crippen molar-refractivity contribution in [3.8, 4) is 0 Å². The Labute approximate surface area is 177 Å². The van der Waals surface area contributed by atoms with Crippen LogP contribution in [-0.2, 0) is 9.53 Å². The predicted octanol–water partition coefficient (Wildman–Crippen LogP) is 1.26. The van der Waals surface area contributed by atoms with E-state index in [2.05, 4.69) is 20.5 Å². The fourth-order valence-electron chi connectivity index (χ4n) is 2.62. The van der Waals surface area contributed by atoms with Crippen molar-refractivity contribution in [3.05, 3.63) is 30.1 Å². The number of carbonyl (C=O) groups excluding carboxylic acids is 1. The summed E-state index contributed by atoms with van der Waals surface area (Å²) in [5.41, 5.74) is 0. The zero-order valence-corrected chi connectivity index (χ0v) is 18.1. The summed E-state index contributed by atoms with van der Waals surface area (Å²) in [5.74, 6) is 1.31. The van der Waals surface area contributed by atoms with Crippen LogP contribution in [0.5, 0.6) is 0 Å². The third-order valence-corrected chi connectivity index (χ3v) is 5.49. The first-order chi connectivity index (χ1) is 14.0. The normalized spacial score (nSPS) is 15.2. The first-order valence-electron chi connectivity index (χ1n) is 9.95. The molecule has 0 atom stereocenters. The van der Waals surface area contributed by atoms with Crippen LogP contribution < -0.4 is 10.6 Å². The molecular formula is C20H32FN5O2S. The van der Waals surface area contributed by atoms with Gasteiger partial charge in [0.25, 0.3) is 0 Å². The molecule has 1 saturated heterocycles. The molecule has 0 saturated carbocycles. The number of rotatable bonds is 10. The van der Waals surface area contributed by atoms with E-state index in [9.17, 15) is 9.18 Å². The van der Waals surface area contributed by atoms with Crippen LogP contribution in [-0.4, -0.2) is 94.0 Å². The Bertz CT molecular complexity index is 636. The van der Waals surface area contributed by atoms with Crippen molar-refractivity contribution >= 4 is 23.6 Å². The average Bonchev–Trinajstić information content (AvgIpc) is 2.73. The van der Waals surface area contributed by atoms with Crippen LogP contribution in [0.3, 0.4) is 0 Å². The zero-order valence-electron chi connectivity index (χ0n) is 17.3. The Morgan fingerprint density at radius 2 is 1.90 bits per heavy atom. The molecule has 1 aliphatic heterocycles. The summed E-state index contributed by atoms with van der Waals surface area (Å²) in [4.78, 5) is 21.2. The molecule has 0 bridgehead atoms. The first-order valence-corrected chi connectivity index (χ1v) is 10.9. The number of benzene rings is 1. The number of nitrogens with one attached hydrogen (secondary N) is 2. The lowest BCUT2D eigenvalue weighted by Crippen LogP contribution is -2.45. The van der Waals surface area contributed by atoms with Crippen LogP contribution in [0.25, 0.3) is 0 Å². The van der Waals surface area contributed by atoms with Gasteiger partial charge in [0, 0.05) is 51.7 Å². The number of likely N-dealkylation sites (N-methyl/N-ethyl adjacent to an activating group) is 1. The van der Waals surface area contributed by atoms with Crippen LogP contribution in [0.2, 0.25) is 0 Å². The lowest BCUT2D eigenvalue weighted by molar-refractivity contribution is -0.127. The van der Waals surface area contributed by atoms with Crippen LogP contribution in [0.15, 0.2) is 34.2 Å². The molecule has 29 heavy (non-hydrogen) atoms. The second-order valence-electron chi connectivity index (χ2n) is 6.92.